The summed E-state index contributed by atoms with van der Waals surface area (Å²) in [5.74, 6) is 0. The number of hydrogen-bond acceptors (Lipinski definition) is 4. The molecule has 0 aliphatic carbocycles. The fourth-order valence-electron chi connectivity index (χ4n) is 5.11. The summed E-state index contributed by atoms with van der Waals surface area (Å²) in [6.45, 7) is 25.6. The number of hydrogen-bond donors (Lipinski definition) is 3. The van der Waals surface area contributed by atoms with Crippen LogP contribution in [0.3, 0.4) is 0 Å². The van der Waals surface area contributed by atoms with Gasteiger partial charge in [0.05, 0.1) is 6.61 Å². The largest absolute Gasteiger partial charge is 0.481 e. The van der Waals surface area contributed by atoms with Crippen LogP contribution >= 0.6 is 15.6 Å². The second-order valence-corrected chi connectivity index (χ2v) is 18.1. The van der Waals surface area contributed by atoms with Gasteiger partial charge >= 0.3 is 15.6 Å². The molecule has 0 aromatic carbocycles. The zero-order chi connectivity index (χ0) is 41.6. The summed E-state index contributed by atoms with van der Waals surface area (Å²) in [6.07, 6.45) is 35.8. The van der Waals surface area contributed by atoms with Crippen molar-refractivity contribution in [3.63, 3.8) is 0 Å². The van der Waals surface area contributed by atoms with E-state index < -0.39 is 15.6 Å². The highest BCUT2D eigenvalue weighted by atomic mass is 31.3. The molecule has 310 valence electrons. The quantitative estimate of drug-likeness (QED) is 0.0454. The van der Waals surface area contributed by atoms with E-state index in [1.165, 1.54) is 109 Å². The van der Waals surface area contributed by atoms with Crippen molar-refractivity contribution in [1.29, 1.82) is 0 Å². The Morgan fingerprint density at radius 2 is 0.630 bits per heavy atom. The Balaban J connectivity index is 0. The van der Waals surface area contributed by atoms with Gasteiger partial charge in [0.2, 0.25) is 0 Å². The van der Waals surface area contributed by atoms with Gasteiger partial charge in [-0.2, -0.15) is 4.31 Å². The molecule has 7 nitrogen and oxygen atoms in total. The van der Waals surface area contributed by atoms with E-state index in [-0.39, 0.29) is 6.61 Å². The van der Waals surface area contributed by atoms with Crippen LogP contribution in [0.1, 0.15) is 173 Å². The summed E-state index contributed by atoms with van der Waals surface area (Å²) in [7, 11) is -9.82. The van der Waals surface area contributed by atoms with Gasteiger partial charge in [-0.25, -0.2) is 9.13 Å². The van der Waals surface area contributed by atoms with Gasteiger partial charge in [-0.15, -0.1) is 0 Å². The zero-order valence-electron chi connectivity index (χ0n) is 36.2. The standard InChI is InChI=1S/C30H50.C15H28O7P2/c1-25(2)15-11-19-29(7)23-13-21-27(5)17-9-10-18-28(6)22-14-24-30(8)20-12-16-26(3)4;1-13(2)7-5-8-14(3)9-6-10-15(4)11-12-21-24(19,20)22-23(16,17)18/h15-18,23-24H,9-14,19-22H2,1-8H3;7,9,11H,5-6,8,10,12H2,1-4H3,(H,19,20)(H2,16,17,18)/b27-17+,28-18+,29-23+,30-24+;. The van der Waals surface area contributed by atoms with E-state index in [4.69, 9.17) is 14.7 Å². The number of phosphoric acid groups is 2. The molecule has 0 bridgehead atoms. The Kier molecular flexibility index (Phi) is 32.1. The molecule has 3 N–H and O–H groups in total. The highest BCUT2D eigenvalue weighted by Gasteiger charge is 2.31. The molecule has 0 saturated heterocycles. The Morgan fingerprint density at radius 1 is 0.389 bits per heavy atom. The molecular formula is C45H78O7P2. The van der Waals surface area contributed by atoms with Crippen LogP contribution in [-0.4, -0.2) is 21.3 Å². The van der Waals surface area contributed by atoms with Crippen LogP contribution in [0.2, 0.25) is 0 Å². The lowest BCUT2D eigenvalue weighted by molar-refractivity contribution is 0.191. The first-order valence-corrected chi connectivity index (χ1v) is 22.7. The second kappa shape index (κ2) is 32.1. The lowest BCUT2D eigenvalue weighted by Gasteiger charge is -2.11. The molecule has 1 unspecified atom stereocenters. The van der Waals surface area contributed by atoms with Crippen LogP contribution in [0.15, 0.2) is 105 Å². The van der Waals surface area contributed by atoms with E-state index >= 15 is 0 Å². The zero-order valence-corrected chi connectivity index (χ0v) is 38.0. The van der Waals surface area contributed by atoms with Crippen molar-refractivity contribution in [2.45, 2.75) is 173 Å². The molecule has 0 amide bonds. The predicted molar refractivity (Wildman–Crippen MR) is 234 cm³/mol. The van der Waals surface area contributed by atoms with Crippen LogP contribution in [0.4, 0.5) is 0 Å². The van der Waals surface area contributed by atoms with Gasteiger partial charge in [-0.05, 0) is 173 Å². The van der Waals surface area contributed by atoms with Crippen LogP contribution in [0.25, 0.3) is 0 Å². The topological polar surface area (TPSA) is 113 Å². The maximum absolute atomic E-state index is 11.2. The predicted octanol–water partition coefficient (Wildman–Crippen LogP) is 15.2. The Bertz CT molecular complexity index is 1380. The molecule has 0 aliphatic rings. The Hall–Kier alpha value is -2.08. The Labute approximate surface area is 331 Å². The first-order valence-electron chi connectivity index (χ1n) is 19.7. The van der Waals surface area contributed by atoms with Crippen molar-refractivity contribution in [3.8, 4) is 0 Å². The first kappa shape index (κ1) is 54.0. The molecule has 0 aromatic rings. The molecule has 0 rings (SSSR count). The molecule has 0 heterocycles. The molecule has 0 aromatic heterocycles. The summed E-state index contributed by atoms with van der Waals surface area (Å²) >= 11 is 0. The highest BCUT2D eigenvalue weighted by Crippen LogP contribution is 2.57. The summed E-state index contributed by atoms with van der Waals surface area (Å²) in [5.41, 5.74) is 12.5. The lowest BCUT2D eigenvalue weighted by Crippen LogP contribution is -1.94. The molecule has 1 atom stereocenters. The third-order valence-corrected chi connectivity index (χ3v) is 10.6. The van der Waals surface area contributed by atoms with E-state index in [2.05, 4.69) is 134 Å². The third kappa shape index (κ3) is 41.1. The highest BCUT2D eigenvalue weighted by molar-refractivity contribution is 7.60. The molecule has 0 saturated carbocycles. The third-order valence-electron chi connectivity index (χ3n) is 8.40. The van der Waals surface area contributed by atoms with E-state index in [0.717, 1.165) is 31.3 Å². The summed E-state index contributed by atoms with van der Waals surface area (Å²) in [5, 5.41) is 0. The molecule has 0 fully saturated rings. The van der Waals surface area contributed by atoms with E-state index in [0.29, 0.717) is 0 Å². The van der Waals surface area contributed by atoms with Crippen molar-refractivity contribution in [2.24, 2.45) is 0 Å². The summed E-state index contributed by atoms with van der Waals surface area (Å²) < 4.78 is 29.9. The first-order chi connectivity index (χ1) is 25.1. The maximum atomic E-state index is 11.2. The second-order valence-electron chi connectivity index (χ2n) is 15.3. The summed E-state index contributed by atoms with van der Waals surface area (Å²) in [4.78, 5) is 26.1. The van der Waals surface area contributed by atoms with Crippen molar-refractivity contribution in [1.82, 2.24) is 0 Å². The Morgan fingerprint density at radius 3 is 0.889 bits per heavy atom. The van der Waals surface area contributed by atoms with Crippen LogP contribution in [0, 0.1) is 0 Å². The van der Waals surface area contributed by atoms with Crippen LogP contribution < -0.4 is 0 Å². The molecule has 9 heteroatoms. The normalized spacial score (nSPS) is 14.6. The minimum absolute atomic E-state index is 0.261. The molecule has 0 radical (unpaired) electrons. The molecule has 0 aliphatic heterocycles. The maximum Gasteiger partial charge on any atom is 0.481 e. The van der Waals surface area contributed by atoms with Gasteiger partial charge in [-0.3, -0.25) is 4.52 Å². The van der Waals surface area contributed by atoms with Crippen molar-refractivity contribution >= 4 is 15.6 Å². The van der Waals surface area contributed by atoms with Gasteiger partial charge in [0, 0.05) is 0 Å². The van der Waals surface area contributed by atoms with E-state index in [9.17, 15) is 9.13 Å². The molecule has 0 spiro atoms. The number of allylic oxidation sites excluding steroid dienone is 17. The average molecular weight is 793 g/mol. The van der Waals surface area contributed by atoms with Crippen LogP contribution in [-0.2, 0) is 18.0 Å². The number of unbranched alkanes of at least 4 members (excludes halogenated alkanes) is 1. The summed E-state index contributed by atoms with van der Waals surface area (Å²) in [6, 6.07) is 0. The fourth-order valence-corrected chi connectivity index (χ4v) is 6.63. The average Bonchev–Trinajstić information content (AvgIpc) is 3.01. The number of phosphoric ester groups is 1. The van der Waals surface area contributed by atoms with Gasteiger partial charge in [0.25, 0.3) is 0 Å². The fraction of sp³-hybridized carbons (Fsp3) is 0.600. The van der Waals surface area contributed by atoms with Gasteiger partial charge in [0.15, 0.2) is 0 Å². The smallest absolute Gasteiger partial charge is 0.302 e. The minimum Gasteiger partial charge on any atom is -0.302 e. The van der Waals surface area contributed by atoms with Crippen molar-refractivity contribution in [3.05, 3.63) is 105 Å². The molecule has 54 heavy (non-hydrogen) atoms. The van der Waals surface area contributed by atoms with E-state index in [1.54, 1.807) is 6.08 Å². The van der Waals surface area contributed by atoms with Gasteiger partial charge in [-0.1, -0.05) is 105 Å². The van der Waals surface area contributed by atoms with E-state index in [1.807, 2.05) is 6.92 Å². The van der Waals surface area contributed by atoms with Crippen molar-refractivity contribution < 1.29 is 32.6 Å². The monoisotopic (exact) mass is 793 g/mol. The molecular weight excluding hydrogens is 714 g/mol. The SMILES string of the molecule is CC(C)=CCC/C(C)=C/CC/C(C)=C/CC/C=C(\C)CC/C=C(\C)CCC=C(C)C.CC(C)=CCCC(C)=CCCC(C)=CCOP(=O)(O)OP(=O)(O)O. The lowest BCUT2D eigenvalue weighted by atomic mass is 10.0. The van der Waals surface area contributed by atoms with Gasteiger partial charge < -0.3 is 14.7 Å². The van der Waals surface area contributed by atoms with Crippen LogP contribution in [0.5, 0.6) is 0 Å². The van der Waals surface area contributed by atoms with Crippen molar-refractivity contribution in [2.75, 3.05) is 6.61 Å². The minimum atomic E-state index is -5.07. The van der Waals surface area contributed by atoms with Gasteiger partial charge in [0.1, 0.15) is 0 Å². The number of rotatable bonds is 26.